The molecule has 0 unspecified atom stereocenters. The molecule has 19 heavy (non-hydrogen) atoms. The first-order valence-electron chi connectivity index (χ1n) is 6.02. The van der Waals surface area contributed by atoms with Crippen LogP contribution >= 0.6 is 11.3 Å². The Bertz CT molecular complexity index is 550. The van der Waals surface area contributed by atoms with Gasteiger partial charge in [-0.25, -0.2) is 0 Å². The first-order chi connectivity index (χ1) is 9.08. The predicted octanol–water partition coefficient (Wildman–Crippen LogP) is 0.370. The maximum absolute atomic E-state index is 12.3. The highest BCUT2D eigenvalue weighted by atomic mass is 32.1. The summed E-state index contributed by atoms with van der Waals surface area (Å²) in [5.74, 6) is -0.163. The summed E-state index contributed by atoms with van der Waals surface area (Å²) < 4.78 is 1.76. The molecule has 6 nitrogen and oxygen atoms in total. The van der Waals surface area contributed by atoms with Crippen molar-refractivity contribution in [3.63, 3.8) is 0 Å². The average molecular weight is 283 g/mol. The van der Waals surface area contributed by atoms with E-state index < -0.39 is 0 Å². The van der Waals surface area contributed by atoms with Gasteiger partial charge in [0.05, 0.1) is 23.8 Å². The van der Waals surface area contributed by atoms with Crippen molar-refractivity contribution in [2.45, 2.75) is 6.92 Å². The molecule has 0 radical (unpaired) electrons. The van der Waals surface area contributed by atoms with Gasteiger partial charge in [-0.15, -0.1) is 11.3 Å². The van der Waals surface area contributed by atoms with Gasteiger partial charge in [0, 0.05) is 25.5 Å². The zero-order valence-electron chi connectivity index (χ0n) is 11.0. The van der Waals surface area contributed by atoms with E-state index in [9.17, 15) is 4.79 Å². The molecule has 0 aliphatic rings. The highest BCUT2D eigenvalue weighted by molar-refractivity contribution is 7.20. The zero-order valence-corrected chi connectivity index (χ0v) is 11.8. The second kappa shape index (κ2) is 5.68. The molecule has 0 spiro atoms. The Labute approximate surface area is 114 Å². The van der Waals surface area contributed by atoms with Crippen LogP contribution in [0.3, 0.4) is 0 Å². The Morgan fingerprint density at radius 3 is 2.58 bits per heavy atom. The number of aliphatic hydroxyl groups is 2. The summed E-state index contributed by atoms with van der Waals surface area (Å²) in [6, 6.07) is 1.83. The predicted molar refractivity (Wildman–Crippen MR) is 73.4 cm³/mol. The molecule has 0 fully saturated rings. The molecule has 2 aromatic heterocycles. The number of carbonyl (C=O) groups is 1. The molecular formula is C12H17N3O3S. The number of nitrogens with zero attached hydrogens (tertiary/aromatic N) is 3. The van der Waals surface area contributed by atoms with E-state index in [2.05, 4.69) is 5.10 Å². The van der Waals surface area contributed by atoms with Crippen molar-refractivity contribution >= 4 is 27.5 Å². The molecule has 7 heteroatoms. The van der Waals surface area contributed by atoms with Crippen LogP contribution in [0.4, 0.5) is 0 Å². The van der Waals surface area contributed by atoms with Gasteiger partial charge in [0.2, 0.25) is 0 Å². The van der Waals surface area contributed by atoms with Crippen LogP contribution in [0.15, 0.2) is 6.07 Å². The quantitative estimate of drug-likeness (QED) is 0.831. The van der Waals surface area contributed by atoms with Crippen molar-refractivity contribution in [2.75, 3.05) is 26.3 Å². The fourth-order valence-electron chi connectivity index (χ4n) is 2.02. The van der Waals surface area contributed by atoms with E-state index in [-0.39, 0.29) is 32.2 Å². The molecule has 2 heterocycles. The Kier molecular flexibility index (Phi) is 4.18. The van der Waals surface area contributed by atoms with E-state index in [0.717, 1.165) is 15.9 Å². The molecule has 1 amide bonds. The van der Waals surface area contributed by atoms with Crippen LogP contribution in [0, 0.1) is 6.92 Å². The number of aliphatic hydroxyl groups excluding tert-OH is 2. The molecule has 0 aromatic carbocycles. The lowest BCUT2D eigenvalue weighted by Crippen LogP contribution is -2.35. The van der Waals surface area contributed by atoms with Crippen LogP contribution in [0.1, 0.15) is 15.4 Å². The van der Waals surface area contributed by atoms with Crippen molar-refractivity contribution in [1.82, 2.24) is 14.7 Å². The number of thiophene rings is 1. The molecule has 0 saturated carbocycles. The van der Waals surface area contributed by atoms with Crippen LogP contribution in [-0.4, -0.2) is 57.1 Å². The largest absolute Gasteiger partial charge is 0.395 e. The Balaban J connectivity index is 2.32. The highest BCUT2D eigenvalue weighted by Crippen LogP contribution is 2.28. The third-order valence-corrected chi connectivity index (χ3v) is 4.12. The topological polar surface area (TPSA) is 78.6 Å². The van der Waals surface area contributed by atoms with Crippen molar-refractivity contribution in [3.05, 3.63) is 16.6 Å². The van der Waals surface area contributed by atoms with E-state index >= 15 is 0 Å². The van der Waals surface area contributed by atoms with Gasteiger partial charge < -0.3 is 15.1 Å². The monoisotopic (exact) mass is 283 g/mol. The van der Waals surface area contributed by atoms with Crippen LogP contribution < -0.4 is 0 Å². The number of rotatable bonds is 5. The SMILES string of the molecule is Cc1nn(C)c2sc(C(=O)N(CCO)CCO)cc12. The lowest BCUT2D eigenvalue weighted by Gasteiger charge is -2.19. The van der Waals surface area contributed by atoms with Crippen LogP contribution in [-0.2, 0) is 7.05 Å². The molecule has 2 N–H and O–H groups in total. The van der Waals surface area contributed by atoms with E-state index in [4.69, 9.17) is 10.2 Å². The highest BCUT2D eigenvalue weighted by Gasteiger charge is 2.19. The Hall–Kier alpha value is -1.44. The number of fused-ring (bicyclic) bond motifs is 1. The molecule has 104 valence electrons. The summed E-state index contributed by atoms with van der Waals surface area (Å²) >= 11 is 1.38. The van der Waals surface area contributed by atoms with Gasteiger partial charge in [-0.1, -0.05) is 0 Å². The number of aryl methyl sites for hydroxylation is 2. The fraction of sp³-hybridized carbons (Fsp3) is 0.500. The summed E-state index contributed by atoms with van der Waals surface area (Å²) in [7, 11) is 1.85. The number of amides is 1. The summed E-state index contributed by atoms with van der Waals surface area (Å²) in [4.78, 5) is 15.3. The number of hydrogen-bond donors (Lipinski definition) is 2. The molecule has 2 rings (SSSR count). The van der Waals surface area contributed by atoms with E-state index in [1.165, 1.54) is 16.2 Å². The smallest absolute Gasteiger partial charge is 0.264 e. The van der Waals surface area contributed by atoms with Gasteiger partial charge in [0.15, 0.2) is 0 Å². The normalized spacial score (nSPS) is 11.2. The van der Waals surface area contributed by atoms with Crippen molar-refractivity contribution < 1.29 is 15.0 Å². The van der Waals surface area contributed by atoms with Crippen molar-refractivity contribution in [1.29, 1.82) is 0 Å². The van der Waals surface area contributed by atoms with Gasteiger partial charge in [-0.05, 0) is 13.0 Å². The van der Waals surface area contributed by atoms with Gasteiger partial charge in [0.25, 0.3) is 5.91 Å². The molecule has 0 aliphatic carbocycles. The van der Waals surface area contributed by atoms with Crippen molar-refractivity contribution in [2.24, 2.45) is 7.05 Å². The van der Waals surface area contributed by atoms with Gasteiger partial charge >= 0.3 is 0 Å². The summed E-state index contributed by atoms with van der Waals surface area (Å²) in [5.41, 5.74) is 0.892. The summed E-state index contributed by atoms with van der Waals surface area (Å²) in [6.07, 6.45) is 0. The lowest BCUT2D eigenvalue weighted by atomic mass is 10.3. The number of carbonyl (C=O) groups excluding carboxylic acids is 1. The standard InChI is InChI=1S/C12H17N3O3S/c1-8-9-7-10(19-12(9)14(2)13-8)11(18)15(3-5-16)4-6-17/h7,16-17H,3-6H2,1-2H3. The van der Waals surface area contributed by atoms with Crippen molar-refractivity contribution in [3.8, 4) is 0 Å². The molecular weight excluding hydrogens is 266 g/mol. The summed E-state index contributed by atoms with van der Waals surface area (Å²) in [5, 5.41) is 23.2. The number of aromatic nitrogens is 2. The van der Waals surface area contributed by atoms with E-state index in [1.54, 1.807) is 4.68 Å². The van der Waals surface area contributed by atoms with E-state index in [1.807, 2.05) is 20.0 Å². The Morgan fingerprint density at radius 1 is 1.42 bits per heavy atom. The maximum atomic E-state index is 12.3. The first kappa shape index (κ1) is 14.0. The van der Waals surface area contributed by atoms with Crippen LogP contribution in [0.5, 0.6) is 0 Å². The Morgan fingerprint density at radius 2 is 2.05 bits per heavy atom. The van der Waals surface area contributed by atoms with Gasteiger partial charge in [-0.2, -0.15) is 5.10 Å². The minimum atomic E-state index is -0.163. The molecule has 0 atom stereocenters. The second-order valence-electron chi connectivity index (χ2n) is 4.28. The fourth-order valence-corrected chi connectivity index (χ4v) is 3.11. The average Bonchev–Trinajstić information content (AvgIpc) is 2.91. The lowest BCUT2D eigenvalue weighted by molar-refractivity contribution is 0.0689. The molecule has 0 saturated heterocycles. The van der Waals surface area contributed by atoms with E-state index in [0.29, 0.717) is 4.88 Å². The third-order valence-electron chi connectivity index (χ3n) is 2.93. The molecule has 0 bridgehead atoms. The zero-order chi connectivity index (χ0) is 14.0. The van der Waals surface area contributed by atoms with Crippen LogP contribution in [0.25, 0.3) is 10.2 Å². The minimum absolute atomic E-state index is 0.114. The second-order valence-corrected chi connectivity index (χ2v) is 5.31. The van der Waals surface area contributed by atoms with Gasteiger partial charge in [0.1, 0.15) is 4.83 Å². The first-order valence-corrected chi connectivity index (χ1v) is 6.84. The summed E-state index contributed by atoms with van der Waals surface area (Å²) in [6.45, 7) is 2.13. The molecule has 2 aromatic rings. The maximum Gasteiger partial charge on any atom is 0.264 e. The number of hydrogen-bond acceptors (Lipinski definition) is 5. The minimum Gasteiger partial charge on any atom is -0.395 e. The third kappa shape index (κ3) is 2.63. The van der Waals surface area contributed by atoms with Crippen LogP contribution in [0.2, 0.25) is 0 Å². The molecule has 0 aliphatic heterocycles. The van der Waals surface area contributed by atoms with Gasteiger partial charge in [-0.3, -0.25) is 9.48 Å².